The van der Waals surface area contributed by atoms with E-state index in [2.05, 4.69) is 9.62 Å². The number of halogens is 1. The Balaban J connectivity index is 1.69. The van der Waals surface area contributed by atoms with E-state index in [-0.39, 0.29) is 21.7 Å². The van der Waals surface area contributed by atoms with Crippen LogP contribution in [0.3, 0.4) is 0 Å². The van der Waals surface area contributed by atoms with Crippen LogP contribution in [-0.4, -0.2) is 52.6 Å². The van der Waals surface area contributed by atoms with Gasteiger partial charge in [-0.1, -0.05) is 32.1 Å². The van der Waals surface area contributed by atoms with E-state index in [1.54, 1.807) is 24.3 Å². The van der Waals surface area contributed by atoms with E-state index in [1.165, 1.54) is 19.2 Å². The first-order chi connectivity index (χ1) is 16.3. The van der Waals surface area contributed by atoms with Crippen molar-refractivity contribution in [1.29, 1.82) is 0 Å². The van der Waals surface area contributed by atoms with Crippen LogP contribution in [0.2, 0.25) is 0 Å². The lowest BCUT2D eigenvalue weighted by Gasteiger charge is -2.22. The Hall–Kier alpha value is -2.91. The van der Waals surface area contributed by atoms with Crippen LogP contribution < -0.4 is 9.46 Å². The zero-order chi connectivity index (χ0) is 24.5. The van der Waals surface area contributed by atoms with Gasteiger partial charge in [0.1, 0.15) is 17.1 Å². The van der Waals surface area contributed by atoms with Gasteiger partial charge in [-0.25, -0.2) is 17.6 Å². The predicted octanol–water partition coefficient (Wildman–Crippen LogP) is 4.26. The molecule has 0 amide bonds. The van der Waals surface area contributed by atoms with Crippen molar-refractivity contribution in [3.63, 3.8) is 0 Å². The number of sulfonamides is 1. The molecule has 7 nitrogen and oxygen atoms in total. The first kappa shape index (κ1) is 24.2. The van der Waals surface area contributed by atoms with Crippen molar-refractivity contribution in [3.05, 3.63) is 58.9 Å². The molecular formula is C25H29FN2O5S. The molecule has 1 saturated carbocycles. The quantitative estimate of drug-likeness (QED) is 0.531. The zero-order valence-corrected chi connectivity index (χ0v) is 20.3. The Labute approximate surface area is 199 Å². The standard InChI is InChI=1S/C25H29FN2O5S/c1-4-28(5-2)12-6-7-16-13-18(26)8-11-22(16)34(30,31)27-21-10-9-19-20-14-17(20)15-33-24(19)23(21)25(29)32-3/h6-11,13,17,20,27H,4-5,12,14-15H2,1-3H3. The summed E-state index contributed by atoms with van der Waals surface area (Å²) in [7, 11) is -2.92. The molecule has 1 aliphatic carbocycles. The molecule has 2 aliphatic rings. The smallest absolute Gasteiger partial charge is 0.343 e. The minimum Gasteiger partial charge on any atom is -0.492 e. The van der Waals surface area contributed by atoms with Crippen LogP contribution in [0.15, 0.2) is 41.3 Å². The topological polar surface area (TPSA) is 84.9 Å². The monoisotopic (exact) mass is 488 g/mol. The number of carbonyl (C=O) groups is 1. The maximum Gasteiger partial charge on any atom is 0.343 e. The van der Waals surface area contributed by atoms with Gasteiger partial charge in [-0.2, -0.15) is 0 Å². The number of nitrogens with one attached hydrogen (secondary N) is 1. The fourth-order valence-electron chi connectivity index (χ4n) is 4.34. The van der Waals surface area contributed by atoms with E-state index in [0.29, 0.717) is 30.7 Å². The number of benzene rings is 2. The highest BCUT2D eigenvalue weighted by Gasteiger charge is 2.45. The number of likely N-dealkylation sites (N-methyl/N-ethyl adjacent to an activating group) is 1. The molecule has 1 aliphatic heterocycles. The van der Waals surface area contributed by atoms with E-state index >= 15 is 0 Å². The highest BCUT2D eigenvalue weighted by Crippen LogP contribution is 2.55. The normalized spacial score (nSPS) is 18.9. The first-order valence-corrected chi connectivity index (χ1v) is 12.9. The second kappa shape index (κ2) is 9.76. The fourth-order valence-corrected chi connectivity index (χ4v) is 5.60. The SMILES string of the molecule is CCN(CC)CC=Cc1cc(F)ccc1S(=O)(=O)Nc1ccc2c(c1C(=O)OC)OCC1CC21. The molecule has 1 N–H and O–H groups in total. The first-order valence-electron chi connectivity index (χ1n) is 11.4. The highest BCUT2D eigenvalue weighted by molar-refractivity contribution is 7.92. The van der Waals surface area contributed by atoms with Crippen molar-refractivity contribution in [3.8, 4) is 5.75 Å². The molecule has 9 heteroatoms. The molecule has 2 aromatic rings. The van der Waals surface area contributed by atoms with Crippen LogP contribution in [0.1, 0.15) is 47.7 Å². The molecule has 1 fully saturated rings. The van der Waals surface area contributed by atoms with E-state index in [9.17, 15) is 17.6 Å². The average molecular weight is 489 g/mol. The number of rotatable bonds is 9. The summed E-state index contributed by atoms with van der Waals surface area (Å²) in [5.41, 5.74) is 1.22. The number of ether oxygens (including phenoxy) is 2. The Morgan fingerprint density at radius 3 is 2.74 bits per heavy atom. The van der Waals surface area contributed by atoms with Gasteiger partial charge >= 0.3 is 5.97 Å². The Bertz CT molecular complexity index is 1220. The second-order valence-corrected chi connectivity index (χ2v) is 10.1. The zero-order valence-electron chi connectivity index (χ0n) is 19.5. The minimum atomic E-state index is -4.16. The molecule has 34 heavy (non-hydrogen) atoms. The molecule has 0 radical (unpaired) electrons. The van der Waals surface area contributed by atoms with Crippen LogP contribution in [-0.2, 0) is 14.8 Å². The van der Waals surface area contributed by atoms with E-state index in [0.717, 1.165) is 31.1 Å². The Kier molecular flexibility index (Phi) is 6.95. The summed E-state index contributed by atoms with van der Waals surface area (Å²) in [6, 6.07) is 6.85. The third-order valence-electron chi connectivity index (χ3n) is 6.40. The van der Waals surface area contributed by atoms with Gasteiger partial charge in [-0.3, -0.25) is 4.72 Å². The van der Waals surface area contributed by atoms with Crippen molar-refractivity contribution in [2.75, 3.05) is 38.1 Å². The summed E-state index contributed by atoms with van der Waals surface area (Å²) in [4.78, 5) is 14.7. The molecule has 2 aromatic carbocycles. The molecule has 4 rings (SSSR count). The molecule has 0 spiro atoms. The third-order valence-corrected chi connectivity index (χ3v) is 7.84. The maximum absolute atomic E-state index is 14.0. The predicted molar refractivity (Wildman–Crippen MR) is 128 cm³/mol. The fraction of sp³-hybridized carbons (Fsp3) is 0.400. The van der Waals surface area contributed by atoms with Gasteiger partial charge in [-0.05, 0) is 60.8 Å². The van der Waals surface area contributed by atoms with E-state index in [1.807, 2.05) is 13.8 Å². The summed E-state index contributed by atoms with van der Waals surface area (Å²) < 4.78 is 54.0. The lowest BCUT2D eigenvalue weighted by molar-refractivity contribution is 0.0596. The van der Waals surface area contributed by atoms with Gasteiger partial charge in [0.15, 0.2) is 0 Å². The summed E-state index contributed by atoms with van der Waals surface area (Å²) in [5, 5.41) is 0. The van der Waals surface area contributed by atoms with Crippen molar-refractivity contribution in [1.82, 2.24) is 4.90 Å². The summed E-state index contributed by atoms with van der Waals surface area (Å²) >= 11 is 0. The molecule has 0 aromatic heterocycles. The number of nitrogens with zero attached hydrogens (tertiary/aromatic N) is 1. The summed E-state index contributed by atoms with van der Waals surface area (Å²) in [6.45, 7) is 6.84. The number of anilines is 1. The molecule has 1 heterocycles. The molecule has 2 unspecified atom stereocenters. The molecule has 0 saturated heterocycles. The number of hydrogen-bond donors (Lipinski definition) is 1. The van der Waals surface area contributed by atoms with Crippen molar-refractivity contribution in [2.45, 2.75) is 31.1 Å². The minimum absolute atomic E-state index is 0.0506. The Morgan fingerprint density at radius 2 is 2.03 bits per heavy atom. The van der Waals surface area contributed by atoms with Crippen molar-refractivity contribution >= 4 is 27.8 Å². The summed E-state index contributed by atoms with van der Waals surface area (Å²) in [5.74, 6) is -0.114. The lowest BCUT2D eigenvalue weighted by Crippen LogP contribution is -2.22. The third kappa shape index (κ3) is 4.81. The molecule has 2 atom stereocenters. The lowest BCUT2D eigenvalue weighted by atomic mass is 10.0. The summed E-state index contributed by atoms with van der Waals surface area (Å²) in [6.07, 6.45) is 4.39. The molecule has 0 bridgehead atoms. The van der Waals surface area contributed by atoms with Crippen molar-refractivity contribution < 1.29 is 27.1 Å². The molecular weight excluding hydrogens is 459 g/mol. The van der Waals surface area contributed by atoms with Crippen LogP contribution in [0.4, 0.5) is 10.1 Å². The van der Waals surface area contributed by atoms with Crippen LogP contribution in [0.5, 0.6) is 5.75 Å². The Morgan fingerprint density at radius 1 is 1.26 bits per heavy atom. The van der Waals surface area contributed by atoms with Crippen molar-refractivity contribution in [2.24, 2.45) is 5.92 Å². The van der Waals surface area contributed by atoms with Gasteiger partial charge in [0.25, 0.3) is 10.0 Å². The number of fused-ring (bicyclic) bond motifs is 3. The number of esters is 1. The van der Waals surface area contributed by atoms with E-state index < -0.39 is 21.8 Å². The van der Waals surface area contributed by atoms with Crippen LogP contribution in [0, 0.1) is 11.7 Å². The van der Waals surface area contributed by atoms with Gasteiger partial charge in [0.2, 0.25) is 0 Å². The van der Waals surface area contributed by atoms with Gasteiger partial charge in [-0.15, -0.1) is 0 Å². The van der Waals surface area contributed by atoms with Crippen LogP contribution in [0.25, 0.3) is 6.08 Å². The number of carbonyl (C=O) groups excluding carboxylic acids is 1. The van der Waals surface area contributed by atoms with Gasteiger partial charge < -0.3 is 14.4 Å². The number of hydrogen-bond acceptors (Lipinski definition) is 6. The average Bonchev–Trinajstić information content (AvgIpc) is 3.61. The highest BCUT2D eigenvalue weighted by atomic mass is 32.2. The second-order valence-electron chi connectivity index (χ2n) is 8.49. The van der Waals surface area contributed by atoms with Gasteiger partial charge in [0, 0.05) is 12.5 Å². The van der Waals surface area contributed by atoms with Gasteiger partial charge in [0.05, 0.1) is 24.3 Å². The maximum atomic E-state index is 14.0. The number of methoxy groups -OCH3 is 1. The largest absolute Gasteiger partial charge is 0.492 e. The molecule has 182 valence electrons. The van der Waals surface area contributed by atoms with Crippen LogP contribution >= 0.6 is 0 Å². The van der Waals surface area contributed by atoms with E-state index in [4.69, 9.17) is 9.47 Å².